The highest BCUT2D eigenvalue weighted by molar-refractivity contribution is 6.05. The van der Waals surface area contributed by atoms with E-state index in [1.165, 1.54) is 13.4 Å². The van der Waals surface area contributed by atoms with Crippen molar-refractivity contribution in [1.82, 2.24) is 29.8 Å². The van der Waals surface area contributed by atoms with Gasteiger partial charge < -0.3 is 21.1 Å². The van der Waals surface area contributed by atoms with Crippen LogP contribution in [-0.4, -0.2) is 61.7 Å². The van der Waals surface area contributed by atoms with Crippen molar-refractivity contribution >= 4 is 23.3 Å². The minimum absolute atomic E-state index is 0.195. The highest BCUT2D eigenvalue weighted by Crippen LogP contribution is 2.27. The molecule has 3 heterocycles. The second-order valence-electron chi connectivity index (χ2n) is 5.90. The number of carbonyl (C=O) groups is 2. The summed E-state index contributed by atoms with van der Waals surface area (Å²) in [4.78, 5) is 32.6. The third-order valence-electron chi connectivity index (χ3n) is 4.09. The van der Waals surface area contributed by atoms with Crippen molar-refractivity contribution in [3.05, 3.63) is 42.5 Å². The molecule has 0 fully saturated rings. The smallest absolute Gasteiger partial charge is 0.407 e. The van der Waals surface area contributed by atoms with Crippen molar-refractivity contribution in [2.45, 2.75) is 6.42 Å². The van der Waals surface area contributed by atoms with Gasteiger partial charge in [0.2, 0.25) is 0 Å². The van der Waals surface area contributed by atoms with Gasteiger partial charge in [0, 0.05) is 38.1 Å². The standard InChI is InChI=1S/C17H19N7O3/c1-23(17(26)27)8-2-5-20-16(25)12-9-13(11-3-6-19-7-4-11)24-14(12)15(18)21-10-22-24/h3-4,6-7,9-10H,2,5,8H2,1H3,(H,20,25)(H,26,27)(H2,18,21,22). The van der Waals surface area contributed by atoms with Crippen molar-refractivity contribution in [1.29, 1.82) is 0 Å². The van der Waals surface area contributed by atoms with Crippen LogP contribution in [0.2, 0.25) is 0 Å². The number of nitrogens with two attached hydrogens (primary N) is 1. The highest BCUT2D eigenvalue weighted by atomic mass is 16.4. The zero-order chi connectivity index (χ0) is 19.4. The number of rotatable bonds is 6. The maximum atomic E-state index is 12.7. The largest absolute Gasteiger partial charge is 0.465 e. The molecule has 0 aliphatic carbocycles. The Balaban J connectivity index is 1.84. The third kappa shape index (κ3) is 3.78. The number of aromatic nitrogens is 4. The van der Waals surface area contributed by atoms with E-state index in [2.05, 4.69) is 20.4 Å². The van der Waals surface area contributed by atoms with Crippen LogP contribution in [0, 0.1) is 0 Å². The number of amides is 2. The van der Waals surface area contributed by atoms with Crippen LogP contribution < -0.4 is 11.1 Å². The molecule has 0 aliphatic rings. The van der Waals surface area contributed by atoms with E-state index in [1.807, 2.05) is 12.1 Å². The molecule has 140 valence electrons. The molecule has 27 heavy (non-hydrogen) atoms. The van der Waals surface area contributed by atoms with E-state index < -0.39 is 6.09 Å². The minimum Gasteiger partial charge on any atom is -0.465 e. The normalized spacial score (nSPS) is 10.7. The summed E-state index contributed by atoms with van der Waals surface area (Å²) in [5.41, 5.74) is 8.28. The number of pyridine rings is 1. The summed E-state index contributed by atoms with van der Waals surface area (Å²) < 4.78 is 1.57. The number of fused-ring (bicyclic) bond motifs is 1. The van der Waals surface area contributed by atoms with Gasteiger partial charge in [0.05, 0.1) is 11.3 Å². The molecule has 0 aliphatic heterocycles. The molecule has 3 aromatic rings. The monoisotopic (exact) mass is 369 g/mol. The van der Waals surface area contributed by atoms with Crippen LogP contribution in [0.15, 0.2) is 36.9 Å². The maximum absolute atomic E-state index is 12.7. The zero-order valence-electron chi connectivity index (χ0n) is 14.7. The molecule has 0 aromatic carbocycles. The first-order valence-corrected chi connectivity index (χ1v) is 8.24. The first kappa shape index (κ1) is 18.1. The van der Waals surface area contributed by atoms with E-state index in [9.17, 15) is 9.59 Å². The third-order valence-corrected chi connectivity index (χ3v) is 4.09. The van der Waals surface area contributed by atoms with E-state index in [1.54, 1.807) is 23.0 Å². The number of nitrogens with one attached hydrogen (secondary N) is 1. The molecule has 0 spiro atoms. The second-order valence-corrected chi connectivity index (χ2v) is 5.90. The fourth-order valence-electron chi connectivity index (χ4n) is 2.68. The van der Waals surface area contributed by atoms with Crippen LogP contribution in [0.4, 0.5) is 10.6 Å². The van der Waals surface area contributed by atoms with E-state index in [0.29, 0.717) is 36.3 Å². The Morgan fingerprint density at radius 1 is 1.33 bits per heavy atom. The highest BCUT2D eigenvalue weighted by Gasteiger charge is 2.19. The maximum Gasteiger partial charge on any atom is 0.407 e. The number of carbonyl (C=O) groups excluding carboxylic acids is 1. The van der Waals surface area contributed by atoms with Gasteiger partial charge in [-0.25, -0.2) is 14.3 Å². The topological polar surface area (TPSA) is 139 Å². The van der Waals surface area contributed by atoms with Crippen LogP contribution >= 0.6 is 0 Å². The van der Waals surface area contributed by atoms with Crippen molar-refractivity contribution in [3.8, 4) is 11.3 Å². The average molecular weight is 369 g/mol. The zero-order valence-corrected chi connectivity index (χ0v) is 14.7. The van der Waals surface area contributed by atoms with Gasteiger partial charge in [-0.15, -0.1) is 0 Å². The van der Waals surface area contributed by atoms with Crippen LogP contribution in [0.3, 0.4) is 0 Å². The molecule has 0 atom stereocenters. The van der Waals surface area contributed by atoms with E-state index in [0.717, 1.165) is 10.5 Å². The Morgan fingerprint density at radius 3 is 2.78 bits per heavy atom. The molecular formula is C17H19N7O3. The molecule has 10 nitrogen and oxygen atoms in total. The van der Waals surface area contributed by atoms with Gasteiger partial charge in [0.15, 0.2) is 5.82 Å². The summed E-state index contributed by atoms with van der Waals surface area (Å²) >= 11 is 0. The lowest BCUT2D eigenvalue weighted by Crippen LogP contribution is -2.30. The van der Waals surface area contributed by atoms with Gasteiger partial charge >= 0.3 is 6.09 Å². The van der Waals surface area contributed by atoms with Gasteiger partial charge in [-0.2, -0.15) is 5.10 Å². The molecule has 4 N–H and O–H groups in total. The molecule has 0 saturated carbocycles. The predicted octanol–water partition coefficient (Wildman–Crippen LogP) is 1.10. The number of hydrogen-bond donors (Lipinski definition) is 3. The molecule has 0 saturated heterocycles. The number of nitrogen functional groups attached to an aromatic ring is 1. The molecule has 0 unspecified atom stereocenters. The fourth-order valence-corrected chi connectivity index (χ4v) is 2.68. The SMILES string of the molecule is CN(CCCNC(=O)c1cc(-c2ccncc2)n2ncnc(N)c12)C(=O)O. The number of hydrogen-bond acceptors (Lipinski definition) is 6. The van der Waals surface area contributed by atoms with E-state index >= 15 is 0 Å². The summed E-state index contributed by atoms with van der Waals surface area (Å²) in [7, 11) is 1.48. The van der Waals surface area contributed by atoms with Crippen molar-refractivity contribution in [2.75, 3.05) is 25.9 Å². The van der Waals surface area contributed by atoms with Gasteiger partial charge in [0.25, 0.3) is 5.91 Å². The minimum atomic E-state index is -1.01. The average Bonchev–Trinajstić information content (AvgIpc) is 3.06. The lowest BCUT2D eigenvalue weighted by molar-refractivity contribution is 0.0954. The quantitative estimate of drug-likeness (QED) is 0.553. The molecule has 0 bridgehead atoms. The first-order valence-electron chi connectivity index (χ1n) is 8.24. The predicted molar refractivity (Wildman–Crippen MR) is 98.2 cm³/mol. The van der Waals surface area contributed by atoms with Crippen molar-refractivity contribution < 1.29 is 14.7 Å². The number of nitrogens with zero attached hydrogens (tertiary/aromatic N) is 5. The van der Waals surface area contributed by atoms with Gasteiger partial charge in [-0.3, -0.25) is 9.78 Å². The summed E-state index contributed by atoms with van der Waals surface area (Å²) in [6, 6.07) is 5.32. The van der Waals surface area contributed by atoms with Crippen molar-refractivity contribution in [2.24, 2.45) is 0 Å². The molecule has 0 radical (unpaired) electrons. The second kappa shape index (κ2) is 7.68. The number of carboxylic acid groups (broad SMARTS) is 1. The Labute approximate surface area is 154 Å². The summed E-state index contributed by atoms with van der Waals surface area (Å²) in [5.74, 6) is -0.131. The molecular weight excluding hydrogens is 350 g/mol. The Hall–Kier alpha value is -3.69. The first-order chi connectivity index (χ1) is 13.0. The number of anilines is 1. The van der Waals surface area contributed by atoms with Crippen LogP contribution in [0.1, 0.15) is 16.8 Å². The fraction of sp³-hybridized carbons (Fsp3) is 0.235. The van der Waals surface area contributed by atoms with E-state index in [-0.39, 0.29) is 11.7 Å². The summed E-state index contributed by atoms with van der Waals surface area (Å²) in [5, 5.41) is 15.8. The Bertz CT molecular complexity index is 971. The van der Waals surface area contributed by atoms with E-state index in [4.69, 9.17) is 10.8 Å². The van der Waals surface area contributed by atoms with Crippen LogP contribution in [0.25, 0.3) is 16.8 Å². The molecule has 3 rings (SSSR count). The Morgan fingerprint density at radius 2 is 2.07 bits per heavy atom. The lowest BCUT2D eigenvalue weighted by Gasteiger charge is -2.12. The summed E-state index contributed by atoms with van der Waals surface area (Å²) in [6.45, 7) is 0.644. The lowest BCUT2D eigenvalue weighted by atomic mass is 10.1. The van der Waals surface area contributed by atoms with Crippen LogP contribution in [0.5, 0.6) is 0 Å². The van der Waals surface area contributed by atoms with Gasteiger partial charge in [-0.05, 0) is 24.6 Å². The molecule has 10 heteroatoms. The van der Waals surface area contributed by atoms with Crippen molar-refractivity contribution in [3.63, 3.8) is 0 Å². The molecule has 2 amide bonds. The van der Waals surface area contributed by atoms with Gasteiger partial charge in [-0.1, -0.05) is 0 Å². The summed E-state index contributed by atoms with van der Waals surface area (Å²) in [6.07, 6.45) is 4.11. The van der Waals surface area contributed by atoms with Gasteiger partial charge in [0.1, 0.15) is 11.8 Å². The Kier molecular flexibility index (Phi) is 5.15. The molecule has 3 aromatic heterocycles. The van der Waals surface area contributed by atoms with Crippen LogP contribution in [-0.2, 0) is 0 Å².